The maximum Gasteiger partial charge on any atom is 0.340 e. The number of rotatable bonds is 8. The lowest BCUT2D eigenvalue weighted by atomic mass is 10.2. The Morgan fingerprint density at radius 2 is 1.71 bits per heavy atom. The maximum absolute atomic E-state index is 12.8. The van der Waals surface area contributed by atoms with E-state index in [2.05, 4.69) is 10.0 Å². The molecule has 0 unspecified atom stereocenters. The number of sulfonamides is 1. The molecule has 0 heterocycles. The Morgan fingerprint density at radius 1 is 1.03 bits per heavy atom. The molecular formula is C23H20ClN3O7S. The molecule has 0 aromatic heterocycles. The van der Waals surface area contributed by atoms with Crippen LogP contribution in [-0.2, 0) is 19.6 Å². The van der Waals surface area contributed by atoms with Gasteiger partial charge in [0.2, 0.25) is 0 Å². The number of esters is 1. The Hall–Kier alpha value is -3.96. The van der Waals surface area contributed by atoms with Gasteiger partial charge in [0.05, 0.1) is 20.4 Å². The third-order valence-corrected chi connectivity index (χ3v) is 6.42. The SMILES string of the molecule is Cc1cccc(NS(=O)(=O)c2ccc(Cl)c(C(=O)O[C@@H](C)C(=O)Nc3cccc([N+](=O)[O-])c3)c2)c1. The summed E-state index contributed by atoms with van der Waals surface area (Å²) in [6, 6.07) is 15.5. The number of amides is 1. The van der Waals surface area contributed by atoms with E-state index in [1.54, 1.807) is 18.2 Å². The summed E-state index contributed by atoms with van der Waals surface area (Å²) in [5.74, 6) is -1.77. The molecule has 0 saturated heterocycles. The first-order valence-electron chi connectivity index (χ1n) is 10.1. The van der Waals surface area contributed by atoms with Crippen LogP contribution in [0.5, 0.6) is 0 Å². The zero-order valence-corrected chi connectivity index (χ0v) is 20.1. The zero-order chi connectivity index (χ0) is 25.8. The van der Waals surface area contributed by atoms with Gasteiger partial charge in [0, 0.05) is 23.5 Å². The number of halogens is 1. The number of carbonyl (C=O) groups is 2. The van der Waals surface area contributed by atoms with Crippen molar-refractivity contribution in [1.82, 2.24) is 0 Å². The molecule has 0 aliphatic rings. The number of nitro benzene ring substituents is 1. The van der Waals surface area contributed by atoms with E-state index in [-0.39, 0.29) is 26.9 Å². The third kappa shape index (κ3) is 6.55. The normalized spacial score (nSPS) is 11.9. The average Bonchev–Trinajstić information content (AvgIpc) is 2.79. The molecule has 10 nitrogen and oxygen atoms in total. The molecule has 3 aromatic rings. The molecule has 1 amide bonds. The van der Waals surface area contributed by atoms with Gasteiger partial charge in [-0.1, -0.05) is 29.8 Å². The molecule has 0 fully saturated rings. The number of non-ortho nitro benzene ring substituents is 1. The van der Waals surface area contributed by atoms with Gasteiger partial charge < -0.3 is 10.1 Å². The Kier molecular flexibility index (Phi) is 7.72. The number of nitrogens with one attached hydrogen (secondary N) is 2. The number of anilines is 2. The van der Waals surface area contributed by atoms with E-state index >= 15 is 0 Å². The summed E-state index contributed by atoms with van der Waals surface area (Å²) in [5.41, 5.74) is 0.851. The molecule has 0 radical (unpaired) electrons. The molecule has 0 aliphatic carbocycles. The average molecular weight is 518 g/mol. The highest BCUT2D eigenvalue weighted by atomic mass is 35.5. The molecule has 0 bridgehead atoms. The molecule has 3 aromatic carbocycles. The lowest BCUT2D eigenvalue weighted by Crippen LogP contribution is -2.30. The number of carbonyl (C=O) groups excluding carboxylic acids is 2. The van der Waals surface area contributed by atoms with Crippen molar-refractivity contribution in [3.05, 3.63) is 93.0 Å². The van der Waals surface area contributed by atoms with Crippen LogP contribution in [-0.4, -0.2) is 31.3 Å². The monoisotopic (exact) mass is 517 g/mol. The van der Waals surface area contributed by atoms with Gasteiger partial charge in [-0.2, -0.15) is 0 Å². The Morgan fingerprint density at radius 3 is 2.40 bits per heavy atom. The summed E-state index contributed by atoms with van der Waals surface area (Å²) in [5, 5.41) is 13.2. The first kappa shape index (κ1) is 25.7. The van der Waals surface area contributed by atoms with Crippen molar-refractivity contribution < 1.29 is 27.7 Å². The molecule has 0 spiro atoms. The van der Waals surface area contributed by atoms with E-state index in [1.807, 2.05) is 13.0 Å². The Balaban J connectivity index is 1.74. The van der Waals surface area contributed by atoms with Crippen molar-refractivity contribution in [3.63, 3.8) is 0 Å². The molecule has 0 saturated carbocycles. The van der Waals surface area contributed by atoms with Crippen LogP contribution >= 0.6 is 11.6 Å². The fourth-order valence-electron chi connectivity index (χ4n) is 2.97. The predicted octanol–water partition coefficient (Wildman–Crippen LogP) is 4.54. The Labute approximate surface area is 206 Å². The highest BCUT2D eigenvalue weighted by Gasteiger charge is 2.24. The fraction of sp³-hybridized carbons (Fsp3) is 0.130. The van der Waals surface area contributed by atoms with Crippen LogP contribution in [0.1, 0.15) is 22.8 Å². The molecule has 2 N–H and O–H groups in total. The highest BCUT2D eigenvalue weighted by Crippen LogP contribution is 2.24. The van der Waals surface area contributed by atoms with Crippen LogP contribution in [0, 0.1) is 17.0 Å². The number of nitro groups is 1. The van der Waals surface area contributed by atoms with E-state index in [9.17, 15) is 28.1 Å². The number of nitrogens with zero attached hydrogens (tertiary/aromatic N) is 1. The van der Waals surface area contributed by atoms with Crippen molar-refractivity contribution in [2.24, 2.45) is 0 Å². The molecule has 12 heteroatoms. The molecule has 35 heavy (non-hydrogen) atoms. The molecule has 1 atom stereocenters. The van der Waals surface area contributed by atoms with Crippen LogP contribution in [0.3, 0.4) is 0 Å². The number of benzene rings is 3. The smallest absolute Gasteiger partial charge is 0.340 e. The van der Waals surface area contributed by atoms with E-state index in [0.29, 0.717) is 5.69 Å². The quantitative estimate of drug-likeness (QED) is 0.253. The van der Waals surface area contributed by atoms with E-state index < -0.39 is 32.9 Å². The van der Waals surface area contributed by atoms with Crippen LogP contribution in [0.25, 0.3) is 0 Å². The van der Waals surface area contributed by atoms with Crippen LogP contribution < -0.4 is 10.0 Å². The Bertz CT molecular complexity index is 1410. The molecular weight excluding hydrogens is 498 g/mol. The van der Waals surface area contributed by atoms with Gasteiger partial charge in [0.1, 0.15) is 0 Å². The molecule has 3 rings (SSSR count). The predicted molar refractivity (Wildman–Crippen MR) is 130 cm³/mol. The van der Waals surface area contributed by atoms with Gasteiger partial charge in [-0.15, -0.1) is 0 Å². The van der Waals surface area contributed by atoms with E-state index in [1.165, 1.54) is 37.3 Å². The second-order valence-corrected chi connectivity index (χ2v) is 9.55. The van der Waals surface area contributed by atoms with Gasteiger partial charge >= 0.3 is 5.97 Å². The summed E-state index contributed by atoms with van der Waals surface area (Å²) in [6.45, 7) is 3.10. The van der Waals surface area contributed by atoms with Crippen molar-refractivity contribution in [1.29, 1.82) is 0 Å². The van der Waals surface area contributed by atoms with Crippen LogP contribution in [0.4, 0.5) is 17.1 Å². The van der Waals surface area contributed by atoms with E-state index in [0.717, 1.165) is 17.7 Å². The topological polar surface area (TPSA) is 145 Å². The number of hydrogen-bond acceptors (Lipinski definition) is 7. The van der Waals surface area contributed by atoms with Crippen molar-refractivity contribution >= 4 is 50.6 Å². The molecule has 182 valence electrons. The summed E-state index contributed by atoms with van der Waals surface area (Å²) < 4.78 is 33.2. The van der Waals surface area contributed by atoms with Gasteiger partial charge in [-0.05, 0) is 55.8 Å². The second kappa shape index (κ2) is 10.5. The third-order valence-electron chi connectivity index (χ3n) is 4.72. The van der Waals surface area contributed by atoms with Crippen molar-refractivity contribution in [2.75, 3.05) is 10.0 Å². The first-order valence-corrected chi connectivity index (χ1v) is 12.0. The number of ether oxygens (including phenoxy) is 1. The standard InChI is InChI=1S/C23H20ClN3O7S/c1-14-5-3-7-17(11-14)26-35(32,33)19-9-10-21(24)20(13-19)23(29)34-15(2)22(28)25-16-6-4-8-18(12-16)27(30)31/h3-13,15,26H,1-2H3,(H,25,28)/t15-/m0/s1. The van der Waals surface area contributed by atoms with Crippen molar-refractivity contribution in [3.8, 4) is 0 Å². The lowest BCUT2D eigenvalue weighted by Gasteiger charge is -2.15. The minimum Gasteiger partial charge on any atom is -0.449 e. The van der Waals surface area contributed by atoms with Crippen LogP contribution in [0.15, 0.2) is 71.6 Å². The van der Waals surface area contributed by atoms with Gasteiger partial charge in [-0.25, -0.2) is 13.2 Å². The summed E-state index contributed by atoms with van der Waals surface area (Å²) >= 11 is 6.08. The summed E-state index contributed by atoms with van der Waals surface area (Å²) in [7, 11) is -4.05. The maximum atomic E-state index is 12.8. The molecule has 0 aliphatic heterocycles. The lowest BCUT2D eigenvalue weighted by molar-refractivity contribution is -0.384. The fourth-order valence-corrected chi connectivity index (χ4v) is 4.24. The number of aryl methyl sites for hydroxylation is 1. The van der Waals surface area contributed by atoms with Gasteiger partial charge in [-0.3, -0.25) is 19.6 Å². The minimum atomic E-state index is -4.05. The van der Waals surface area contributed by atoms with Crippen molar-refractivity contribution in [2.45, 2.75) is 24.8 Å². The first-order chi connectivity index (χ1) is 16.5. The highest BCUT2D eigenvalue weighted by molar-refractivity contribution is 7.92. The summed E-state index contributed by atoms with van der Waals surface area (Å²) in [4.78, 5) is 35.1. The minimum absolute atomic E-state index is 0.0733. The van der Waals surface area contributed by atoms with Crippen LogP contribution in [0.2, 0.25) is 5.02 Å². The number of hydrogen-bond donors (Lipinski definition) is 2. The van der Waals surface area contributed by atoms with Gasteiger partial charge in [0.15, 0.2) is 6.10 Å². The van der Waals surface area contributed by atoms with E-state index in [4.69, 9.17) is 16.3 Å². The zero-order valence-electron chi connectivity index (χ0n) is 18.5. The second-order valence-electron chi connectivity index (χ2n) is 7.46. The largest absolute Gasteiger partial charge is 0.449 e. The summed E-state index contributed by atoms with van der Waals surface area (Å²) in [6.07, 6.45) is -1.32. The van der Waals surface area contributed by atoms with Gasteiger partial charge in [0.25, 0.3) is 21.6 Å².